The second-order valence-corrected chi connectivity index (χ2v) is 5.88. The number of allylic oxidation sites excluding steroid dienone is 1. The molecule has 24 heavy (non-hydrogen) atoms. The van der Waals surface area contributed by atoms with Crippen molar-refractivity contribution in [3.63, 3.8) is 0 Å². The van der Waals surface area contributed by atoms with Gasteiger partial charge < -0.3 is 10.8 Å². The molecule has 0 heterocycles. The Hall–Kier alpha value is -3.14. The average Bonchev–Trinajstić information content (AvgIpc) is 2.85. The van der Waals surface area contributed by atoms with Gasteiger partial charge in [-0.15, -0.1) is 0 Å². The molecule has 0 aromatic heterocycles. The lowest BCUT2D eigenvalue weighted by molar-refractivity contribution is -0.120. The largest absolute Gasteiger partial charge is 0.401 e. The van der Waals surface area contributed by atoms with Gasteiger partial charge in [0.25, 0.3) is 0 Å². The molecular formula is C18H16N4O2. The van der Waals surface area contributed by atoms with E-state index in [-0.39, 0.29) is 36.3 Å². The number of nitriles is 3. The molecule has 1 aromatic rings. The van der Waals surface area contributed by atoms with Gasteiger partial charge >= 0.3 is 0 Å². The third-order valence-electron chi connectivity index (χ3n) is 4.52. The van der Waals surface area contributed by atoms with E-state index < -0.39 is 17.4 Å². The number of nitrogens with zero attached hydrogens (tertiary/aromatic N) is 3. The first-order chi connectivity index (χ1) is 11.5. The summed E-state index contributed by atoms with van der Waals surface area (Å²) in [4.78, 5) is 12.5. The predicted molar refractivity (Wildman–Crippen MR) is 84.4 cm³/mol. The minimum Gasteiger partial charge on any atom is -0.401 e. The SMILES string of the molecule is N#CC1(C#N)CC(CO)=C(N)C1(C#N)CC(=O)Cc1ccccc1. The Morgan fingerprint density at radius 3 is 2.29 bits per heavy atom. The Bertz CT molecular complexity index is 794. The molecule has 1 unspecified atom stereocenters. The Morgan fingerprint density at radius 1 is 1.17 bits per heavy atom. The average molecular weight is 320 g/mol. The molecular weight excluding hydrogens is 304 g/mol. The molecule has 1 aromatic carbocycles. The molecule has 2 rings (SSSR count). The van der Waals surface area contributed by atoms with E-state index >= 15 is 0 Å². The summed E-state index contributed by atoms with van der Waals surface area (Å²) in [5, 5.41) is 38.2. The van der Waals surface area contributed by atoms with Crippen LogP contribution in [0.4, 0.5) is 0 Å². The number of Topliss-reactive ketones (excluding diaryl/α,β-unsaturated/α-hetero) is 1. The topological polar surface area (TPSA) is 135 Å². The van der Waals surface area contributed by atoms with E-state index in [9.17, 15) is 25.7 Å². The first kappa shape index (κ1) is 17.2. The molecule has 120 valence electrons. The van der Waals surface area contributed by atoms with Crippen molar-refractivity contribution in [2.24, 2.45) is 16.6 Å². The lowest BCUT2D eigenvalue weighted by atomic mass is 9.64. The van der Waals surface area contributed by atoms with Crippen molar-refractivity contribution in [2.45, 2.75) is 19.3 Å². The van der Waals surface area contributed by atoms with Gasteiger partial charge in [-0.05, 0) is 11.1 Å². The highest BCUT2D eigenvalue weighted by Gasteiger charge is 2.61. The summed E-state index contributed by atoms with van der Waals surface area (Å²) in [6.45, 7) is -0.451. The van der Waals surface area contributed by atoms with E-state index in [1.807, 2.05) is 24.3 Å². The molecule has 0 spiro atoms. The molecule has 0 bridgehead atoms. The smallest absolute Gasteiger partial charge is 0.172 e. The molecule has 0 fully saturated rings. The zero-order valence-corrected chi connectivity index (χ0v) is 13.0. The van der Waals surface area contributed by atoms with Crippen LogP contribution in [0.15, 0.2) is 41.6 Å². The molecule has 3 N–H and O–H groups in total. The van der Waals surface area contributed by atoms with Crippen LogP contribution in [0.5, 0.6) is 0 Å². The number of carbonyl (C=O) groups excluding carboxylic acids is 1. The quantitative estimate of drug-likeness (QED) is 0.840. The zero-order valence-electron chi connectivity index (χ0n) is 13.0. The Morgan fingerprint density at radius 2 is 1.79 bits per heavy atom. The second kappa shape index (κ2) is 6.54. The summed E-state index contributed by atoms with van der Waals surface area (Å²) < 4.78 is 0. The highest BCUT2D eigenvalue weighted by molar-refractivity contribution is 5.83. The minimum atomic E-state index is -1.77. The van der Waals surface area contributed by atoms with Crippen LogP contribution < -0.4 is 5.73 Å². The maximum atomic E-state index is 12.5. The molecule has 1 aliphatic carbocycles. The van der Waals surface area contributed by atoms with Crippen LogP contribution >= 0.6 is 0 Å². The summed E-state index contributed by atoms with van der Waals surface area (Å²) in [6.07, 6.45) is -0.387. The van der Waals surface area contributed by atoms with E-state index in [1.54, 1.807) is 24.3 Å². The fraction of sp³-hybridized carbons (Fsp3) is 0.333. The van der Waals surface area contributed by atoms with Crippen molar-refractivity contribution in [3.8, 4) is 18.2 Å². The molecule has 0 aliphatic heterocycles. The molecule has 0 saturated heterocycles. The molecule has 0 radical (unpaired) electrons. The molecule has 1 aliphatic rings. The minimum absolute atomic E-state index is 0.0305. The third kappa shape index (κ3) is 2.52. The van der Waals surface area contributed by atoms with E-state index in [1.165, 1.54) is 0 Å². The van der Waals surface area contributed by atoms with E-state index in [0.717, 1.165) is 5.56 Å². The van der Waals surface area contributed by atoms with Crippen LogP contribution in [-0.2, 0) is 11.2 Å². The number of nitrogens with two attached hydrogens (primary N) is 1. The Labute approximate surface area is 140 Å². The summed E-state index contributed by atoms with van der Waals surface area (Å²) in [6, 6.07) is 14.7. The van der Waals surface area contributed by atoms with Crippen LogP contribution in [0.25, 0.3) is 0 Å². The Kier molecular flexibility index (Phi) is 4.69. The van der Waals surface area contributed by atoms with Gasteiger partial charge in [-0.1, -0.05) is 30.3 Å². The number of hydrogen-bond acceptors (Lipinski definition) is 6. The summed E-state index contributed by atoms with van der Waals surface area (Å²) in [5.74, 6) is -0.292. The van der Waals surface area contributed by atoms with Gasteiger partial charge in [-0.3, -0.25) is 4.79 Å². The summed E-state index contributed by atoms with van der Waals surface area (Å²) in [7, 11) is 0. The monoisotopic (exact) mass is 320 g/mol. The molecule has 0 amide bonds. The highest BCUT2D eigenvalue weighted by Crippen LogP contribution is 2.55. The third-order valence-corrected chi connectivity index (χ3v) is 4.52. The van der Waals surface area contributed by atoms with Crippen molar-refractivity contribution in [1.29, 1.82) is 15.8 Å². The van der Waals surface area contributed by atoms with Gasteiger partial charge in [0.15, 0.2) is 5.41 Å². The van der Waals surface area contributed by atoms with Crippen molar-refractivity contribution >= 4 is 5.78 Å². The van der Waals surface area contributed by atoms with Gasteiger partial charge in [0.1, 0.15) is 11.2 Å². The first-order valence-corrected chi connectivity index (χ1v) is 7.37. The molecule has 0 saturated carbocycles. The van der Waals surface area contributed by atoms with E-state index in [0.29, 0.717) is 0 Å². The second-order valence-electron chi connectivity index (χ2n) is 5.88. The van der Waals surface area contributed by atoms with Crippen molar-refractivity contribution < 1.29 is 9.90 Å². The van der Waals surface area contributed by atoms with Crippen LogP contribution in [0.3, 0.4) is 0 Å². The van der Waals surface area contributed by atoms with Crippen LogP contribution in [-0.4, -0.2) is 17.5 Å². The summed E-state index contributed by atoms with van der Waals surface area (Å²) >= 11 is 0. The molecule has 6 nitrogen and oxygen atoms in total. The van der Waals surface area contributed by atoms with Gasteiger partial charge in [0.2, 0.25) is 0 Å². The number of carbonyl (C=O) groups is 1. The molecule has 1 atom stereocenters. The van der Waals surface area contributed by atoms with Crippen LogP contribution in [0.2, 0.25) is 0 Å². The van der Waals surface area contributed by atoms with Crippen LogP contribution in [0, 0.1) is 44.8 Å². The number of rotatable bonds is 5. The summed E-state index contributed by atoms with van der Waals surface area (Å²) in [5.41, 5.74) is 3.50. The van der Waals surface area contributed by atoms with Crippen molar-refractivity contribution in [2.75, 3.05) is 6.61 Å². The normalized spacial score (nSPS) is 21.6. The van der Waals surface area contributed by atoms with Crippen molar-refractivity contribution in [3.05, 3.63) is 47.2 Å². The maximum Gasteiger partial charge on any atom is 0.172 e. The number of hydrogen-bond donors (Lipinski definition) is 2. The fourth-order valence-corrected chi connectivity index (χ4v) is 3.16. The number of ketones is 1. The zero-order chi connectivity index (χ0) is 17.8. The lowest BCUT2D eigenvalue weighted by Gasteiger charge is -2.31. The van der Waals surface area contributed by atoms with Gasteiger partial charge in [0.05, 0.1) is 24.8 Å². The maximum absolute atomic E-state index is 12.5. The number of aliphatic hydroxyl groups excluding tert-OH is 1. The van der Waals surface area contributed by atoms with E-state index in [2.05, 4.69) is 0 Å². The fourth-order valence-electron chi connectivity index (χ4n) is 3.16. The number of aliphatic hydroxyl groups is 1. The van der Waals surface area contributed by atoms with E-state index in [4.69, 9.17) is 5.73 Å². The highest BCUT2D eigenvalue weighted by atomic mass is 16.3. The van der Waals surface area contributed by atoms with Gasteiger partial charge in [-0.25, -0.2) is 0 Å². The standard InChI is InChI=1S/C18H16N4O2/c19-10-17(11-20)7-14(9-23)16(22)18(17,12-21)8-15(24)6-13-4-2-1-3-5-13/h1-5,23H,6-9,22H2. The van der Waals surface area contributed by atoms with Crippen molar-refractivity contribution in [1.82, 2.24) is 0 Å². The van der Waals surface area contributed by atoms with Gasteiger partial charge in [-0.2, -0.15) is 15.8 Å². The Balaban J connectivity index is 2.40. The number of benzene rings is 1. The molecule has 6 heteroatoms. The van der Waals surface area contributed by atoms with Gasteiger partial charge in [0, 0.05) is 25.0 Å². The first-order valence-electron chi connectivity index (χ1n) is 7.37. The van der Waals surface area contributed by atoms with Crippen LogP contribution in [0.1, 0.15) is 18.4 Å². The predicted octanol–water partition coefficient (Wildman–Crippen LogP) is 1.34. The lowest BCUT2D eigenvalue weighted by Crippen LogP contribution is -2.41.